The van der Waals surface area contributed by atoms with E-state index in [1.165, 1.54) is 16.0 Å². The molecule has 0 saturated carbocycles. The normalized spacial score (nSPS) is 18.4. The van der Waals surface area contributed by atoms with Gasteiger partial charge in [0.15, 0.2) is 0 Å². The van der Waals surface area contributed by atoms with Gasteiger partial charge in [0.05, 0.1) is 18.8 Å². The van der Waals surface area contributed by atoms with Crippen molar-refractivity contribution in [3.05, 3.63) is 82.1 Å². The first-order chi connectivity index (χ1) is 16.0. The average Bonchev–Trinajstić information content (AvgIpc) is 3.11. The molecule has 0 spiro atoms. The number of carbonyl (C=O) groups excluding carboxylic acids is 1. The highest BCUT2D eigenvalue weighted by Gasteiger charge is 2.48. The van der Waals surface area contributed by atoms with Gasteiger partial charge in [-0.15, -0.1) is 23.5 Å². The number of carbonyl (C=O) groups is 1. The number of rotatable bonds is 8. The molecule has 0 radical (unpaired) electrons. The van der Waals surface area contributed by atoms with E-state index >= 15 is 0 Å². The lowest BCUT2D eigenvalue weighted by Gasteiger charge is -2.36. The van der Waals surface area contributed by atoms with Crippen LogP contribution in [0.4, 0.5) is 4.79 Å². The monoisotopic (exact) mass is 501 g/mol. The Hall–Kier alpha value is -1.93. The Bertz CT molecular complexity index is 912. The minimum absolute atomic E-state index is 0.240. The second kappa shape index (κ2) is 11.7. The van der Waals surface area contributed by atoms with Crippen LogP contribution in [0.5, 0.6) is 0 Å². The maximum absolute atomic E-state index is 13.0. The van der Waals surface area contributed by atoms with Crippen molar-refractivity contribution in [2.24, 2.45) is 0 Å². The summed E-state index contributed by atoms with van der Waals surface area (Å²) in [6, 6.07) is 20.0. The minimum atomic E-state index is -0.893. The number of ether oxygens (including phenoxy) is 2. The Morgan fingerprint density at radius 2 is 1.59 bits per heavy atom. The number of benzene rings is 2. The van der Waals surface area contributed by atoms with Gasteiger partial charge >= 0.3 is 6.09 Å². The van der Waals surface area contributed by atoms with Gasteiger partial charge in [-0.05, 0) is 51.8 Å². The van der Waals surface area contributed by atoms with E-state index in [0.29, 0.717) is 0 Å². The van der Waals surface area contributed by atoms with Gasteiger partial charge in [-0.1, -0.05) is 60.7 Å². The van der Waals surface area contributed by atoms with Crippen molar-refractivity contribution >= 4 is 29.6 Å². The highest BCUT2D eigenvalue weighted by molar-refractivity contribution is 8.21. The molecule has 1 heterocycles. The molecular weight excluding hydrogens is 466 g/mol. The van der Waals surface area contributed by atoms with Crippen molar-refractivity contribution < 1.29 is 19.4 Å². The summed E-state index contributed by atoms with van der Waals surface area (Å²) in [5.41, 5.74) is 0.933. The van der Waals surface area contributed by atoms with E-state index in [0.717, 1.165) is 15.7 Å². The zero-order chi connectivity index (χ0) is 24.8. The molecule has 1 amide bonds. The van der Waals surface area contributed by atoms with Crippen LogP contribution >= 0.6 is 23.5 Å². The van der Waals surface area contributed by atoms with Crippen molar-refractivity contribution in [2.75, 3.05) is 6.61 Å². The lowest BCUT2D eigenvalue weighted by atomic mass is 10.1. The molecule has 1 saturated heterocycles. The summed E-state index contributed by atoms with van der Waals surface area (Å²) in [6.45, 7) is 9.38. The van der Waals surface area contributed by atoms with Gasteiger partial charge in [0.2, 0.25) is 0 Å². The number of amides is 1. The topological polar surface area (TPSA) is 59.0 Å². The fourth-order valence-electron chi connectivity index (χ4n) is 3.60. The van der Waals surface area contributed by atoms with E-state index in [-0.39, 0.29) is 6.61 Å². The smallest absolute Gasteiger partial charge is 0.413 e. The van der Waals surface area contributed by atoms with Crippen LogP contribution in [0, 0.1) is 0 Å². The largest absolute Gasteiger partial charge is 0.444 e. The molecule has 1 unspecified atom stereocenters. The molecule has 2 aromatic rings. The fourth-order valence-corrected chi connectivity index (χ4v) is 5.76. The van der Waals surface area contributed by atoms with E-state index in [2.05, 4.69) is 24.3 Å². The van der Waals surface area contributed by atoms with Gasteiger partial charge in [-0.2, -0.15) is 0 Å². The Morgan fingerprint density at radius 3 is 2.06 bits per heavy atom. The molecule has 1 fully saturated rings. The van der Waals surface area contributed by atoms with Crippen LogP contribution in [0.3, 0.4) is 0 Å². The summed E-state index contributed by atoms with van der Waals surface area (Å²) >= 11 is 3.38. The van der Waals surface area contributed by atoms with Crippen molar-refractivity contribution in [2.45, 2.75) is 69.6 Å². The van der Waals surface area contributed by atoms with E-state index < -0.39 is 29.6 Å². The first kappa shape index (κ1) is 26.7. The number of thioether (sulfide) groups is 2. The molecule has 3 rings (SSSR count). The highest BCUT2D eigenvalue weighted by atomic mass is 32.2. The fraction of sp³-hybridized carbons (Fsp3) is 0.444. The van der Waals surface area contributed by atoms with E-state index in [9.17, 15) is 9.90 Å². The third-order valence-electron chi connectivity index (χ3n) is 5.26. The Balaban J connectivity index is 1.78. The lowest BCUT2D eigenvalue weighted by molar-refractivity contribution is -0.0660. The van der Waals surface area contributed by atoms with Crippen molar-refractivity contribution in [1.29, 1.82) is 0 Å². The SMILES string of the molecule is CC(C)(C)OC(=O)N1[C@H](C(O)C=C(SCc2ccccc2)SCc2ccccc2)COC1(C)C. The third kappa shape index (κ3) is 7.80. The summed E-state index contributed by atoms with van der Waals surface area (Å²) in [5, 5.41) is 11.2. The summed E-state index contributed by atoms with van der Waals surface area (Å²) in [6.07, 6.45) is 0.479. The predicted molar refractivity (Wildman–Crippen MR) is 141 cm³/mol. The quantitative estimate of drug-likeness (QED) is 0.450. The van der Waals surface area contributed by atoms with Crippen molar-refractivity contribution in [3.8, 4) is 0 Å². The maximum atomic E-state index is 13.0. The van der Waals surface area contributed by atoms with Gasteiger partial charge < -0.3 is 14.6 Å². The Labute approximate surface area is 211 Å². The standard InChI is InChI=1S/C27H35NO4S2/c1-26(2,3)32-25(30)28-22(17-31-27(28,4)5)23(29)16-24(33-18-20-12-8-6-9-13-20)34-19-21-14-10-7-11-15-21/h6-16,22-23,29H,17-19H2,1-5H3/t22-,23?/m0/s1. The first-order valence-electron chi connectivity index (χ1n) is 11.4. The highest BCUT2D eigenvalue weighted by Crippen LogP contribution is 2.36. The van der Waals surface area contributed by atoms with Crippen LogP contribution in [-0.2, 0) is 21.0 Å². The molecule has 2 aromatic carbocycles. The van der Waals surface area contributed by atoms with Gasteiger partial charge in [0.1, 0.15) is 11.3 Å². The zero-order valence-electron chi connectivity index (χ0n) is 20.6. The van der Waals surface area contributed by atoms with Gasteiger partial charge in [-0.25, -0.2) is 4.79 Å². The van der Waals surface area contributed by atoms with E-state index in [1.807, 2.05) is 77.1 Å². The van der Waals surface area contributed by atoms with E-state index in [1.54, 1.807) is 23.5 Å². The molecule has 7 heteroatoms. The number of aliphatic hydroxyl groups is 1. The summed E-state index contributed by atoms with van der Waals surface area (Å²) in [4.78, 5) is 14.5. The molecule has 0 aliphatic carbocycles. The molecule has 184 valence electrons. The second-order valence-electron chi connectivity index (χ2n) is 9.70. The van der Waals surface area contributed by atoms with E-state index in [4.69, 9.17) is 9.47 Å². The molecule has 5 nitrogen and oxygen atoms in total. The molecule has 1 aliphatic rings. The molecular formula is C27H35NO4S2. The molecule has 0 bridgehead atoms. The number of hydrogen-bond acceptors (Lipinski definition) is 6. The minimum Gasteiger partial charge on any atom is -0.444 e. The number of hydrogen-bond donors (Lipinski definition) is 1. The van der Waals surface area contributed by atoms with Crippen molar-refractivity contribution in [1.82, 2.24) is 4.90 Å². The number of nitrogens with zero attached hydrogens (tertiary/aromatic N) is 1. The lowest BCUT2D eigenvalue weighted by Crippen LogP contribution is -2.53. The van der Waals surface area contributed by atoms with Crippen LogP contribution in [0.1, 0.15) is 45.7 Å². The van der Waals surface area contributed by atoms with Gasteiger partial charge in [-0.3, -0.25) is 4.90 Å². The molecule has 0 aromatic heterocycles. The molecule has 1 N–H and O–H groups in total. The third-order valence-corrected chi connectivity index (χ3v) is 7.76. The number of aliphatic hydroxyl groups excluding tert-OH is 1. The zero-order valence-corrected chi connectivity index (χ0v) is 22.2. The predicted octanol–water partition coefficient (Wildman–Crippen LogP) is 6.43. The van der Waals surface area contributed by atoms with Crippen LogP contribution < -0.4 is 0 Å². The summed E-state index contributed by atoms with van der Waals surface area (Å²) in [7, 11) is 0. The first-order valence-corrected chi connectivity index (χ1v) is 13.4. The van der Waals surface area contributed by atoms with Gasteiger partial charge in [0, 0.05) is 15.7 Å². The maximum Gasteiger partial charge on any atom is 0.413 e. The van der Waals surface area contributed by atoms with Crippen LogP contribution in [0.25, 0.3) is 0 Å². The molecule has 2 atom stereocenters. The summed E-state index contributed by atoms with van der Waals surface area (Å²) < 4.78 is 12.5. The van der Waals surface area contributed by atoms with Crippen LogP contribution in [0.15, 0.2) is 71.0 Å². The van der Waals surface area contributed by atoms with Crippen LogP contribution in [-0.4, -0.2) is 46.2 Å². The second-order valence-corrected chi connectivity index (χ2v) is 12.0. The van der Waals surface area contributed by atoms with Crippen molar-refractivity contribution in [3.63, 3.8) is 0 Å². The van der Waals surface area contributed by atoms with Gasteiger partial charge in [0.25, 0.3) is 0 Å². The Morgan fingerprint density at radius 1 is 1.09 bits per heavy atom. The van der Waals surface area contributed by atoms with Crippen LogP contribution in [0.2, 0.25) is 0 Å². The Kier molecular flexibility index (Phi) is 9.15. The average molecular weight is 502 g/mol. The summed E-state index contributed by atoms with van der Waals surface area (Å²) in [5.74, 6) is 1.59. The molecule has 1 aliphatic heterocycles. The molecule has 34 heavy (non-hydrogen) atoms.